The number of pyridine rings is 1. The molecule has 3 heterocycles. The largest absolute Gasteiger partial charge is 0.490 e. The van der Waals surface area contributed by atoms with Crippen LogP contribution in [0.25, 0.3) is 11.0 Å². The van der Waals surface area contributed by atoms with Gasteiger partial charge in [0.1, 0.15) is 11.9 Å². The fourth-order valence-electron chi connectivity index (χ4n) is 3.45. The van der Waals surface area contributed by atoms with Crippen molar-refractivity contribution in [3.05, 3.63) is 64.3 Å². The quantitative estimate of drug-likeness (QED) is 0.699. The maximum absolute atomic E-state index is 12.8. The highest BCUT2D eigenvalue weighted by Crippen LogP contribution is 2.21. The SMILES string of the molecule is Cc1cc(OC2CCN(C(=O)c3ccc4nccnc4c3)CC2)cc(=O)n1C. The van der Waals surface area contributed by atoms with Gasteiger partial charge in [-0.2, -0.15) is 0 Å². The number of carbonyl (C=O) groups is 1. The summed E-state index contributed by atoms with van der Waals surface area (Å²) in [6.45, 7) is 3.11. The van der Waals surface area contributed by atoms with Crippen molar-refractivity contribution in [3.8, 4) is 5.75 Å². The first-order chi connectivity index (χ1) is 13.5. The fourth-order valence-corrected chi connectivity index (χ4v) is 3.45. The summed E-state index contributed by atoms with van der Waals surface area (Å²) >= 11 is 0. The Balaban J connectivity index is 1.40. The zero-order valence-electron chi connectivity index (χ0n) is 16.0. The molecule has 1 fully saturated rings. The van der Waals surface area contributed by atoms with Gasteiger partial charge >= 0.3 is 0 Å². The summed E-state index contributed by atoms with van der Waals surface area (Å²) in [5.74, 6) is 0.592. The van der Waals surface area contributed by atoms with Crippen molar-refractivity contribution in [2.75, 3.05) is 13.1 Å². The maximum atomic E-state index is 12.8. The third kappa shape index (κ3) is 3.60. The van der Waals surface area contributed by atoms with Gasteiger partial charge in [-0.3, -0.25) is 19.6 Å². The molecule has 7 heteroatoms. The standard InChI is InChI=1S/C21H22N4O3/c1-14-11-17(13-20(26)24(14)2)28-16-5-9-25(10-6-16)21(27)15-3-4-18-19(12-15)23-8-7-22-18/h3-4,7-8,11-13,16H,5-6,9-10H2,1-2H3. The lowest BCUT2D eigenvalue weighted by Crippen LogP contribution is -2.41. The Morgan fingerprint density at radius 3 is 2.50 bits per heavy atom. The first kappa shape index (κ1) is 18.2. The van der Waals surface area contributed by atoms with E-state index in [1.807, 2.05) is 24.0 Å². The summed E-state index contributed by atoms with van der Waals surface area (Å²) in [7, 11) is 1.74. The molecule has 1 saturated heterocycles. The van der Waals surface area contributed by atoms with Crippen LogP contribution in [0.4, 0.5) is 0 Å². The predicted octanol–water partition coefficient (Wildman–Crippen LogP) is 2.32. The van der Waals surface area contributed by atoms with Gasteiger partial charge in [0.15, 0.2) is 0 Å². The molecule has 1 aromatic carbocycles. The van der Waals surface area contributed by atoms with Crippen molar-refractivity contribution in [2.45, 2.75) is 25.9 Å². The zero-order valence-corrected chi connectivity index (χ0v) is 16.0. The van der Waals surface area contributed by atoms with Crippen LogP contribution in [0.2, 0.25) is 0 Å². The first-order valence-electron chi connectivity index (χ1n) is 9.35. The Kier molecular flexibility index (Phi) is 4.81. The van der Waals surface area contributed by atoms with Crippen molar-refractivity contribution in [3.63, 3.8) is 0 Å². The second kappa shape index (κ2) is 7.42. The highest BCUT2D eigenvalue weighted by Gasteiger charge is 2.25. The monoisotopic (exact) mass is 378 g/mol. The third-order valence-electron chi connectivity index (χ3n) is 5.22. The maximum Gasteiger partial charge on any atom is 0.254 e. The van der Waals surface area contributed by atoms with Crippen LogP contribution in [0.15, 0.2) is 47.5 Å². The molecule has 0 aliphatic carbocycles. The summed E-state index contributed by atoms with van der Waals surface area (Å²) in [4.78, 5) is 35.1. The van der Waals surface area contributed by atoms with Crippen LogP contribution in [-0.2, 0) is 7.05 Å². The molecule has 1 aliphatic heterocycles. The van der Waals surface area contributed by atoms with E-state index in [2.05, 4.69) is 9.97 Å². The van der Waals surface area contributed by atoms with Gasteiger partial charge in [0.05, 0.1) is 11.0 Å². The van der Waals surface area contributed by atoms with E-state index in [-0.39, 0.29) is 17.6 Å². The minimum atomic E-state index is -0.0815. The molecule has 0 spiro atoms. The van der Waals surface area contributed by atoms with Gasteiger partial charge in [0, 0.05) is 62.7 Å². The molecular weight excluding hydrogens is 356 g/mol. The number of hydrogen-bond donors (Lipinski definition) is 0. The zero-order chi connectivity index (χ0) is 19.7. The molecule has 0 unspecified atom stereocenters. The van der Waals surface area contributed by atoms with E-state index in [1.54, 1.807) is 36.1 Å². The number of benzene rings is 1. The molecule has 0 saturated carbocycles. The molecule has 0 radical (unpaired) electrons. The molecule has 3 aromatic rings. The van der Waals surface area contributed by atoms with Crippen molar-refractivity contribution < 1.29 is 9.53 Å². The van der Waals surface area contributed by atoms with Gasteiger partial charge < -0.3 is 14.2 Å². The minimum absolute atomic E-state index is 0.00183. The number of likely N-dealkylation sites (tertiary alicyclic amines) is 1. The molecule has 7 nitrogen and oxygen atoms in total. The molecule has 144 valence electrons. The van der Waals surface area contributed by atoms with Gasteiger partial charge in [-0.15, -0.1) is 0 Å². The third-order valence-corrected chi connectivity index (χ3v) is 5.22. The summed E-state index contributed by atoms with van der Waals surface area (Å²) in [5, 5.41) is 0. The molecule has 0 atom stereocenters. The van der Waals surface area contributed by atoms with Crippen molar-refractivity contribution in [1.82, 2.24) is 19.4 Å². The normalized spacial score (nSPS) is 15.0. The Morgan fingerprint density at radius 1 is 1.07 bits per heavy atom. The number of carbonyl (C=O) groups excluding carboxylic acids is 1. The van der Waals surface area contributed by atoms with Crippen LogP contribution in [-0.4, -0.2) is 44.5 Å². The first-order valence-corrected chi connectivity index (χ1v) is 9.35. The highest BCUT2D eigenvalue weighted by atomic mass is 16.5. The van der Waals surface area contributed by atoms with Crippen LogP contribution < -0.4 is 10.3 Å². The summed E-state index contributed by atoms with van der Waals surface area (Å²) in [5.41, 5.74) is 2.88. The van der Waals surface area contributed by atoms with E-state index in [4.69, 9.17) is 4.74 Å². The molecule has 28 heavy (non-hydrogen) atoms. The molecule has 1 amide bonds. The predicted molar refractivity (Wildman–Crippen MR) is 106 cm³/mol. The van der Waals surface area contributed by atoms with Crippen molar-refractivity contribution >= 4 is 16.9 Å². The van der Waals surface area contributed by atoms with E-state index in [0.717, 1.165) is 24.1 Å². The molecule has 2 aromatic heterocycles. The smallest absolute Gasteiger partial charge is 0.254 e. The summed E-state index contributed by atoms with van der Waals surface area (Å²) in [6.07, 6.45) is 4.72. The van der Waals surface area contributed by atoms with E-state index in [9.17, 15) is 9.59 Å². The van der Waals surface area contributed by atoms with Gasteiger partial charge in [0.2, 0.25) is 0 Å². The number of fused-ring (bicyclic) bond motifs is 1. The van der Waals surface area contributed by atoms with E-state index in [1.165, 1.54) is 6.07 Å². The molecule has 4 rings (SSSR count). The Morgan fingerprint density at radius 2 is 1.79 bits per heavy atom. The van der Waals surface area contributed by atoms with E-state index in [0.29, 0.717) is 29.9 Å². The van der Waals surface area contributed by atoms with E-state index >= 15 is 0 Å². The van der Waals surface area contributed by atoms with Gasteiger partial charge in [-0.1, -0.05) is 0 Å². The number of rotatable bonds is 3. The second-order valence-electron chi connectivity index (χ2n) is 7.10. The van der Waals surface area contributed by atoms with Gasteiger partial charge in [-0.25, -0.2) is 0 Å². The average molecular weight is 378 g/mol. The highest BCUT2D eigenvalue weighted by molar-refractivity contribution is 5.97. The number of ether oxygens (including phenoxy) is 1. The lowest BCUT2D eigenvalue weighted by molar-refractivity contribution is 0.0595. The molecule has 1 aliphatic rings. The number of nitrogens with zero attached hydrogens (tertiary/aromatic N) is 4. The van der Waals surface area contributed by atoms with Crippen LogP contribution >= 0.6 is 0 Å². The van der Waals surface area contributed by atoms with Crippen molar-refractivity contribution in [1.29, 1.82) is 0 Å². The van der Waals surface area contributed by atoms with Crippen LogP contribution in [0.3, 0.4) is 0 Å². The lowest BCUT2D eigenvalue weighted by atomic mass is 10.1. The minimum Gasteiger partial charge on any atom is -0.490 e. The van der Waals surface area contributed by atoms with Gasteiger partial charge in [0.25, 0.3) is 11.5 Å². The molecule has 0 N–H and O–H groups in total. The number of amides is 1. The number of aryl methyl sites for hydroxylation is 1. The van der Waals surface area contributed by atoms with Crippen LogP contribution in [0, 0.1) is 6.92 Å². The molecule has 0 bridgehead atoms. The Hall–Kier alpha value is -3.22. The average Bonchev–Trinajstić information content (AvgIpc) is 2.71. The second-order valence-corrected chi connectivity index (χ2v) is 7.10. The van der Waals surface area contributed by atoms with E-state index < -0.39 is 0 Å². The summed E-state index contributed by atoms with van der Waals surface area (Å²) < 4.78 is 7.58. The molecular formula is C21H22N4O3. The number of aromatic nitrogens is 3. The fraction of sp³-hybridized carbons (Fsp3) is 0.333. The van der Waals surface area contributed by atoms with Crippen LogP contribution in [0.5, 0.6) is 5.75 Å². The van der Waals surface area contributed by atoms with Crippen molar-refractivity contribution in [2.24, 2.45) is 7.05 Å². The Labute approximate surface area is 162 Å². The van der Waals surface area contributed by atoms with Gasteiger partial charge in [-0.05, 0) is 31.2 Å². The Bertz CT molecular complexity index is 1080. The topological polar surface area (TPSA) is 77.3 Å². The summed E-state index contributed by atoms with van der Waals surface area (Å²) in [6, 6.07) is 8.79. The van der Waals surface area contributed by atoms with Crippen LogP contribution in [0.1, 0.15) is 28.9 Å². The lowest BCUT2D eigenvalue weighted by Gasteiger charge is -2.32. The number of hydrogen-bond acceptors (Lipinski definition) is 5. The number of piperidine rings is 1.